The largest absolute Gasteiger partial charge is 0.492 e. The molecular weight excluding hydrogens is 302 g/mol. The second kappa shape index (κ2) is 9.66. The zero-order valence-electron chi connectivity index (χ0n) is 13.1. The van der Waals surface area contributed by atoms with Gasteiger partial charge in [0.05, 0.1) is 13.1 Å². The van der Waals surface area contributed by atoms with E-state index in [0.717, 1.165) is 31.7 Å². The molecule has 5 nitrogen and oxygen atoms in total. The van der Waals surface area contributed by atoms with E-state index in [2.05, 4.69) is 10.2 Å². The van der Waals surface area contributed by atoms with Gasteiger partial charge in [0.25, 0.3) is 0 Å². The van der Waals surface area contributed by atoms with Gasteiger partial charge in [-0.15, -0.1) is 12.4 Å². The Morgan fingerprint density at radius 2 is 2.14 bits per heavy atom. The van der Waals surface area contributed by atoms with Crippen molar-refractivity contribution in [1.82, 2.24) is 10.2 Å². The summed E-state index contributed by atoms with van der Waals surface area (Å²) in [6.07, 6.45) is 1.95. The Balaban J connectivity index is 0.00000242. The lowest BCUT2D eigenvalue weighted by molar-refractivity contribution is -0.122. The molecule has 3 N–H and O–H groups in total. The summed E-state index contributed by atoms with van der Waals surface area (Å²) in [6, 6.07) is 8.20. The zero-order chi connectivity index (χ0) is 15.1. The summed E-state index contributed by atoms with van der Waals surface area (Å²) < 4.78 is 5.60. The number of nitrogens with one attached hydrogen (secondary N) is 1. The van der Waals surface area contributed by atoms with Crippen LogP contribution < -0.4 is 15.8 Å². The quantitative estimate of drug-likeness (QED) is 0.774. The zero-order valence-corrected chi connectivity index (χ0v) is 13.9. The monoisotopic (exact) mass is 327 g/mol. The van der Waals surface area contributed by atoms with Gasteiger partial charge >= 0.3 is 0 Å². The number of nitrogens with zero attached hydrogens (tertiary/aromatic N) is 1. The van der Waals surface area contributed by atoms with Crippen LogP contribution in [0.5, 0.6) is 5.75 Å². The molecule has 0 spiro atoms. The van der Waals surface area contributed by atoms with E-state index in [1.54, 1.807) is 0 Å². The fourth-order valence-electron chi connectivity index (χ4n) is 2.43. The Kier molecular flexibility index (Phi) is 8.24. The van der Waals surface area contributed by atoms with Crippen LogP contribution in [0.2, 0.25) is 0 Å². The molecule has 2 rings (SSSR count). The number of hydrogen-bond acceptors (Lipinski definition) is 4. The normalized spacial score (nSPS) is 15.9. The topological polar surface area (TPSA) is 67.6 Å². The van der Waals surface area contributed by atoms with E-state index >= 15 is 0 Å². The lowest BCUT2D eigenvalue weighted by Gasteiger charge is -2.29. The summed E-state index contributed by atoms with van der Waals surface area (Å²) in [5.74, 6) is 0.896. The Bertz CT molecular complexity index is 462. The van der Waals surface area contributed by atoms with Crippen molar-refractivity contribution in [3.63, 3.8) is 0 Å². The maximum atomic E-state index is 11.8. The van der Waals surface area contributed by atoms with Crippen LogP contribution in [0.1, 0.15) is 18.4 Å². The van der Waals surface area contributed by atoms with Crippen molar-refractivity contribution in [1.29, 1.82) is 0 Å². The first-order valence-corrected chi connectivity index (χ1v) is 7.57. The molecule has 0 bridgehead atoms. The third-order valence-corrected chi connectivity index (χ3v) is 3.68. The Morgan fingerprint density at radius 3 is 2.82 bits per heavy atom. The Morgan fingerprint density at radius 1 is 1.41 bits per heavy atom. The highest BCUT2D eigenvalue weighted by molar-refractivity contribution is 5.85. The standard InChI is InChI=1S/C16H25N3O2.ClH/c1-13-3-2-4-15(11-13)21-10-7-18-16(20)12-19-8-5-14(17)6-9-19;/h2-4,11,14H,5-10,12,17H2,1H3,(H,18,20);1H. The van der Waals surface area contributed by atoms with Crippen LogP contribution in [-0.2, 0) is 4.79 Å². The van der Waals surface area contributed by atoms with Gasteiger partial charge in [-0.1, -0.05) is 12.1 Å². The molecule has 1 amide bonds. The molecule has 1 saturated heterocycles. The van der Waals surface area contributed by atoms with Gasteiger partial charge in [0.15, 0.2) is 0 Å². The lowest BCUT2D eigenvalue weighted by Crippen LogP contribution is -2.45. The van der Waals surface area contributed by atoms with Crippen molar-refractivity contribution < 1.29 is 9.53 Å². The summed E-state index contributed by atoms with van der Waals surface area (Å²) in [7, 11) is 0. The number of likely N-dealkylation sites (tertiary alicyclic amines) is 1. The first kappa shape index (κ1) is 18.7. The van der Waals surface area contributed by atoms with E-state index in [9.17, 15) is 4.79 Å². The van der Waals surface area contributed by atoms with E-state index in [-0.39, 0.29) is 18.3 Å². The van der Waals surface area contributed by atoms with E-state index in [0.29, 0.717) is 25.7 Å². The first-order chi connectivity index (χ1) is 10.1. The molecule has 0 aromatic heterocycles. The summed E-state index contributed by atoms with van der Waals surface area (Å²) in [6.45, 7) is 5.32. The molecule has 0 atom stereocenters. The average molecular weight is 328 g/mol. The molecule has 6 heteroatoms. The van der Waals surface area contributed by atoms with E-state index in [4.69, 9.17) is 10.5 Å². The van der Waals surface area contributed by atoms with Crippen LogP contribution in [0.3, 0.4) is 0 Å². The molecule has 1 fully saturated rings. The molecule has 1 aliphatic heterocycles. The first-order valence-electron chi connectivity index (χ1n) is 7.57. The molecular formula is C16H26ClN3O2. The van der Waals surface area contributed by atoms with Crippen LogP contribution in [0, 0.1) is 6.92 Å². The predicted molar refractivity (Wildman–Crippen MR) is 90.6 cm³/mol. The van der Waals surface area contributed by atoms with Crippen LogP contribution in [-0.4, -0.2) is 49.6 Å². The van der Waals surface area contributed by atoms with Crippen LogP contribution in [0.25, 0.3) is 0 Å². The number of nitrogens with two attached hydrogens (primary N) is 1. The average Bonchev–Trinajstić information content (AvgIpc) is 2.46. The second-order valence-electron chi connectivity index (χ2n) is 5.63. The smallest absolute Gasteiger partial charge is 0.234 e. The SMILES string of the molecule is Cc1cccc(OCCNC(=O)CN2CCC(N)CC2)c1.Cl. The molecule has 1 aliphatic rings. The van der Waals surface area contributed by atoms with E-state index in [1.807, 2.05) is 31.2 Å². The van der Waals surface area contributed by atoms with Crippen molar-refractivity contribution in [2.45, 2.75) is 25.8 Å². The number of rotatable bonds is 6. The second-order valence-corrected chi connectivity index (χ2v) is 5.63. The van der Waals surface area contributed by atoms with E-state index < -0.39 is 0 Å². The van der Waals surface area contributed by atoms with Gasteiger partial charge in [0, 0.05) is 19.1 Å². The number of aryl methyl sites for hydroxylation is 1. The van der Waals surface area contributed by atoms with Gasteiger partial charge in [-0.2, -0.15) is 0 Å². The van der Waals surface area contributed by atoms with Crippen molar-refractivity contribution in [2.75, 3.05) is 32.8 Å². The molecule has 0 unspecified atom stereocenters. The fourth-order valence-corrected chi connectivity index (χ4v) is 2.43. The van der Waals surface area contributed by atoms with Crippen molar-refractivity contribution in [3.8, 4) is 5.75 Å². The number of benzene rings is 1. The minimum absolute atomic E-state index is 0. The van der Waals surface area contributed by atoms with Gasteiger partial charge < -0.3 is 15.8 Å². The number of amides is 1. The maximum absolute atomic E-state index is 11.8. The van der Waals surface area contributed by atoms with Crippen LogP contribution >= 0.6 is 12.4 Å². The summed E-state index contributed by atoms with van der Waals surface area (Å²) in [5.41, 5.74) is 7.01. The van der Waals surface area contributed by atoms with Crippen LogP contribution in [0.4, 0.5) is 0 Å². The molecule has 1 heterocycles. The highest BCUT2D eigenvalue weighted by Gasteiger charge is 2.17. The van der Waals surface area contributed by atoms with Crippen molar-refractivity contribution in [3.05, 3.63) is 29.8 Å². The summed E-state index contributed by atoms with van der Waals surface area (Å²) in [4.78, 5) is 14.0. The highest BCUT2D eigenvalue weighted by atomic mass is 35.5. The molecule has 0 aliphatic carbocycles. The number of ether oxygens (including phenoxy) is 1. The number of carbonyl (C=O) groups is 1. The van der Waals surface area contributed by atoms with Gasteiger partial charge in [0.2, 0.25) is 5.91 Å². The highest BCUT2D eigenvalue weighted by Crippen LogP contribution is 2.11. The van der Waals surface area contributed by atoms with Crippen LogP contribution in [0.15, 0.2) is 24.3 Å². The third-order valence-electron chi connectivity index (χ3n) is 3.68. The molecule has 22 heavy (non-hydrogen) atoms. The molecule has 124 valence electrons. The molecule has 0 saturated carbocycles. The Hall–Kier alpha value is -1.30. The van der Waals surface area contributed by atoms with Gasteiger partial charge in [0.1, 0.15) is 12.4 Å². The third kappa shape index (κ3) is 6.64. The van der Waals surface area contributed by atoms with Gasteiger partial charge in [-0.05, 0) is 37.5 Å². The van der Waals surface area contributed by atoms with E-state index in [1.165, 1.54) is 5.56 Å². The lowest BCUT2D eigenvalue weighted by atomic mass is 10.1. The summed E-state index contributed by atoms with van der Waals surface area (Å²) in [5, 5.41) is 2.89. The number of carbonyl (C=O) groups excluding carboxylic acids is 1. The fraction of sp³-hybridized carbons (Fsp3) is 0.562. The number of hydrogen-bond donors (Lipinski definition) is 2. The minimum Gasteiger partial charge on any atom is -0.492 e. The van der Waals surface area contributed by atoms with Gasteiger partial charge in [-0.3, -0.25) is 9.69 Å². The Labute approximate surface area is 138 Å². The maximum Gasteiger partial charge on any atom is 0.234 e. The summed E-state index contributed by atoms with van der Waals surface area (Å²) >= 11 is 0. The molecule has 1 aromatic rings. The number of piperidine rings is 1. The molecule has 1 aromatic carbocycles. The van der Waals surface area contributed by atoms with Crippen molar-refractivity contribution >= 4 is 18.3 Å². The van der Waals surface area contributed by atoms with Crippen molar-refractivity contribution in [2.24, 2.45) is 5.73 Å². The number of halogens is 1. The molecule has 0 radical (unpaired) electrons. The van der Waals surface area contributed by atoms with Gasteiger partial charge in [-0.25, -0.2) is 0 Å². The predicted octanol–water partition coefficient (Wildman–Crippen LogP) is 1.33. The minimum atomic E-state index is 0.